The molecule has 0 aliphatic carbocycles. The van der Waals surface area contributed by atoms with Crippen LogP contribution in [0.5, 0.6) is 0 Å². The first kappa shape index (κ1) is 24.6. The predicted molar refractivity (Wildman–Crippen MR) is 125 cm³/mol. The Morgan fingerprint density at radius 2 is 1.64 bits per heavy atom. The monoisotopic (exact) mass is 458 g/mol. The van der Waals surface area contributed by atoms with Gasteiger partial charge in [0.05, 0.1) is 0 Å². The zero-order valence-corrected chi connectivity index (χ0v) is 19.5. The third-order valence-electron chi connectivity index (χ3n) is 5.64. The summed E-state index contributed by atoms with van der Waals surface area (Å²) in [5.74, 6) is -0.653. The van der Waals surface area contributed by atoms with Gasteiger partial charge >= 0.3 is 6.03 Å². The van der Waals surface area contributed by atoms with Crippen LogP contribution in [0.2, 0.25) is 0 Å². The van der Waals surface area contributed by atoms with Gasteiger partial charge in [-0.25, -0.2) is 13.6 Å². The maximum absolute atomic E-state index is 13.3. The van der Waals surface area contributed by atoms with E-state index in [1.54, 1.807) is 29.2 Å². The van der Waals surface area contributed by atoms with Crippen LogP contribution in [-0.2, 0) is 11.3 Å². The van der Waals surface area contributed by atoms with E-state index in [0.717, 1.165) is 5.56 Å². The topological polar surface area (TPSA) is 55.9 Å². The molecule has 3 rings (SSSR count). The van der Waals surface area contributed by atoms with Crippen molar-refractivity contribution >= 4 is 17.6 Å². The molecule has 0 bridgehead atoms. The number of rotatable bonds is 6. The highest BCUT2D eigenvalue weighted by Gasteiger charge is 2.28. The molecule has 3 amide bonds. The number of halogens is 2. The summed E-state index contributed by atoms with van der Waals surface area (Å²) in [6, 6.07) is 11.8. The fourth-order valence-electron chi connectivity index (χ4n) is 3.74. The zero-order valence-electron chi connectivity index (χ0n) is 19.5. The number of urea groups is 1. The predicted octanol–water partition coefficient (Wildman–Crippen LogP) is 4.19. The first-order valence-corrected chi connectivity index (χ1v) is 11.2. The molecular formula is C25H32F2N4O2. The van der Waals surface area contributed by atoms with Gasteiger partial charge in [-0.2, -0.15) is 0 Å². The lowest BCUT2D eigenvalue weighted by Gasteiger charge is -2.36. The van der Waals surface area contributed by atoms with E-state index in [4.69, 9.17) is 0 Å². The largest absolute Gasteiger partial charge is 0.337 e. The molecule has 1 N–H and O–H groups in total. The summed E-state index contributed by atoms with van der Waals surface area (Å²) >= 11 is 0. The first-order chi connectivity index (χ1) is 15.6. The van der Waals surface area contributed by atoms with Crippen molar-refractivity contribution in [2.75, 3.05) is 44.6 Å². The van der Waals surface area contributed by atoms with E-state index in [0.29, 0.717) is 51.5 Å². The van der Waals surface area contributed by atoms with E-state index in [9.17, 15) is 18.4 Å². The molecule has 178 valence electrons. The minimum atomic E-state index is -0.520. The lowest BCUT2D eigenvalue weighted by molar-refractivity contribution is -0.140. The van der Waals surface area contributed by atoms with E-state index < -0.39 is 11.2 Å². The van der Waals surface area contributed by atoms with Crippen LogP contribution >= 0.6 is 0 Å². The molecule has 6 nitrogen and oxygen atoms in total. The number of piperazine rings is 1. The van der Waals surface area contributed by atoms with Gasteiger partial charge in [0.25, 0.3) is 0 Å². The van der Waals surface area contributed by atoms with Crippen molar-refractivity contribution in [3.63, 3.8) is 0 Å². The first-order valence-electron chi connectivity index (χ1n) is 11.2. The van der Waals surface area contributed by atoms with Gasteiger partial charge in [-0.05, 0) is 35.9 Å². The van der Waals surface area contributed by atoms with Crippen molar-refractivity contribution in [3.05, 3.63) is 65.7 Å². The minimum Gasteiger partial charge on any atom is -0.337 e. The van der Waals surface area contributed by atoms with Crippen LogP contribution < -0.4 is 5.32 Å². The zero-order chi connectivity index (χ0) is 24.0. The average molecular weight is 459 g/mol. The number of anilines is 1. The fourth-order valence-corrected chi connectivity index (χ4v) is 3.74. The van der Waals surface area contributed by atoms with Crippen LogP contribution in [0.4, 0.5) is 19.3 Å². The molecule has 0 aromatic heterocycles. The summed E-state index contributed by atoms with van der Waals surface area (Å²) < 4.78 is 26.6. The maximum Gasteiger partial charge on any atom is 0.321 e. The van der Waals surface area contributed by atoms with Crippen molar-refractivity contribution in [2.45, 2.75) is 27.3 Å². The molecule has 0 saturated carbocycles. The second-order valence-corrected chi connectivity index (χ2v) is 9.37. The molecule has 0 atom stereocenters. The van der Waals surface area contributed by atoms with Crippen molar-refractivity contribution in [1.29, 1.82) is 0 Å². The van der Waals surface area contributed by atoms with Crippen molar-refractivity contribution < 1.29 is 18.4 Å². The van der Waals surface area contributed by atoms with Crippen LogP contribution in [0, 0.1) is 17.0 Å². The van der Waals surface area contributed by atoms with Crippen LogP contribution in [-0.4, -0.2) is 65.9 Å². The SMILES string of the molecule is CC(C)(C)C(=O)N(CCN1CCN(C(=O)Nc2cccc(F)c2)CC1)Cc1ccc(F)cc1. The van der Waals surface area contributed by atoms with E-state index in [1.807, 2.05) is 25.7 Å². The van der Waals surface area contributed by atoms with Crippen molar-refractivity contribution in [2.24, 2.45) is 5.41 Å². The maximum atomic E-state index is 13.3. The van der Waals surface area contributed by atoms with E-state index in [1.165, 1.54) is 24.3 Å². The molecule has 0 spiro atoms. The molecule has 2 aromatic rings. The van der Waals surface area contributed by atoms with Gasteiger partial charge in [0.15, 0.2) is 0 Å². The highest BCUT2D eigenvalue weighted by atomic mass is 19.1. The van der Waals surface area contributed by atoms with E-state index in [2.05, 4.69) is 10.2 Å². The number of benzene rings is 2. The molecule has 1 saturated heterocycles. The van der Waals surface area contributed by atoms with E-state index >= 15 is 0 Å². The normalized spacial score (nSPS) is 14.8. The molecule has 0 unspecified atom stereocenters. The molecule has 1 aliphatic rings. The van der Waals surface area contributed by atoms with Gasteiger partial charge in [0.1, 0.15) is 11.6 Å². The highest BCUT2D eigenvalue weighted by Crippen LogP contribution is 2.20. The Kier molecular flexibility index (Phi) is 8.02. The summed E-state index contributed by atoms with van der Waals surface area (Å²) in [5.41, 5.74) is 0.792. The summed E-state index contributed by atoms with van der Waals surface area (Å²) in [4.78, 5) is 31.2. The Labute approximate surface area is 194 Å². The lowest BCUT2D eigenvalue weighted by atomic mass is 9.94. The number of amides is 3. The van der Waals surface area contributed by atoms with Gasteiger partial charge in [0, 0.05) is 56.9 Å². The number of hydrogen-bond donors (Lipinski definition) is 1. The van der Waals surface area contributed by atoms with Gasteiger partial charge in [-0.1, -0.05) is 39.0 Å². The summed E-state index contributed by atoms with van der Waals surface area (Å²) in [6.45, 7) is 9.79. The number of hydrogen-bond acceptors (Lipinski definition) is 3. The fraction of sp³-hybridized carbons (Fsp3) is 0.440. The third kappa shape index (κ3) is 7.25. The average Bonchev–Trinajstić information content (AvgIpc) is 2.77. The van der Waals surface area contributed by atoms with Crippen LogP contribution in [0.15, 0.2) is 48.5 Å². The smallest absolute Gasteiger partial charge is 0.321 e. The minimum absolute atomic E-state index is 0.0416. The Morgan fingerprint density at radius 1 is 0.970 bits per heavy atom. The number of nitrogens with one attached hydrogen (secondary N) is 1. The molecule has 1 fully saturated rings. The second kappa shape index (κ2) is 10.7. The Bertz CT molecular complexity index is 952. The number of carbonyl (C=O) groups is 2. The number of nitrogens with zero attached hydrogens (tertiary/aromatic N) is 3. The summed E-state index contributed by atoms with van der Waals surface area (Å²) in [6.07, 6.45) is 0. The van der Waals surface area contributed by atoms with E-state index in [-0.39, 0.29) is 17.8 Å². The number of carbonyl (C=O) groups excluding carboxylic acids is 2. The molecular weight excluding hydrogens is 426 g/mol. The van der Waals surface area contributed by atoms with Gasteiger partial charge < -0.3 is 15.1 Å². The highest BCUT2D eigenvalue weighted by molar-refractivity contribution is 5.89. The van der Waals surface area contributed by atoms with Gasteiger partial charge in [-0.15, -0.1) is 0 Å². The Hall–Kier alpha value is -3.00. The standard InChI is InChI=1S/C25H32F2N4O2/c1-25(2,3)23(32)31(18-19-7-9-20(26)10-8-19)16-13-29-11-14-30(15-12-29)24(33)28-22-6-4-5-21(27)17-22/h4-10,17H,11-16,18H2,1-3H3,(H,28,33). The van der Waals surface area contributed by atoms with Crippen LogP contribution in [0.25, 0.3) is 0 Å². The van der Waals surface area contributed by atoms with Crippen LogP contribution in [0.3, 0.4) is 0 Å². The Balaban J connectivity index is 1.52. The summed E-state index contributed by atoms with van der Waals surface area (Å²) in [5, 5.41) is 2.73. The molecule has 8 heteroatoms. The molecule has 33 heavy (non-hydrogen) atoms. The van der Waals surface area contributed by atoms with Crippen molar-refractivity contribution in [3.8, 4) is 0 Å². The van der Waals surface area contributed by atoms with Gasteiger partial charge in [-0.3, -0.25) is 9.69 Å². The lowest BCUT2D eigenvalue weighted by Crippen LogP contribution is -2.52. The molecule has 0 radical (unpaired) electrons. The second-order valence-electron chi connectivity index (χ2n) is 9.37. The van der Waals surface area contributed by atoms with Gasteiger partial charge in [0.2, 0.25) is 5.91 Å². The third-order valence-corrected chi connectivity index (χ3v) is 5.64. The quantitative estimate of drug-likeness (QED) is 0.706. The van der Waals surface area contributed by atoms with Crippen molar-refractivity contribution in [1.82, 2.24) is 14.7 Å². The molecule has 1 aliphatic heterocycles. The summed E-state index contributed by atoms with van der Waals surface area (Å²) in [7, 11) is 0. The van der Waals surface area contributed by atoms with Crippen LogP contribution in [0.1, 0.15) is 26.3 Å². The Morgan fingerprint density at radius 3 is 2.24 bits per heavy atom. The molecule has 1 heterocycles. The molecule has 2 aromatic carbocycles.